The Hall–Kier alpha value is -2.88. The average Bonchev–Trinajstić information content (AvgIpc) is 2.38. The van der Waals surface area contributed by atoms with Crippen molar-refractivity contribution in [3.63, 3.8) is 0 Å². The van der Waals surface area contributed by atoms with Gasteiger partial charge in [0.25, 0.3) is 0 Å². The fourth-order valence-electron chi connectivity index (χ4n) is 1.39. The van der Waals surface area contributed by atoms with Gasteiger partial charge < -0.3 is 15.2 Å². The van der Waals surface area contributed by atoms with Gasteiger partial charge in [0.1, 0.15) is 23.2 Å². The third-order valence-corrected chi connectivity index (χ3v) is 2.21. The van der Waals surface area contributed by atoms with Crippen LogP contribution >= 0.6 is 0 Å². The van der Waals surface area contributed by atoms with Gasteiger partial charge in [-0.2, -0.15) is 15.2 Å². The van der Waals surface area contributed by atoms with Crippen molar-refractivity contribution >= 4 is 5.95 Å². The lowest BCUT2D eigenvalue weighted by atomic mass is 10.2. The van der Waals surface area contributed by atoms with Crippen LogP contribution in [0.3, 0.4) is 0 Å². The minimum absolute atomic E-state index is 0.0441. The van der Waals surface area contributed by atoms with Crippen molar-refractivity contribution in [2.24, 2.45) is 0 Å². The maximum atomic E-state index is 13.4. The van der Waals surface area contributed by atoms with Crippen molar-refractivity contribution in [2.45, 2.75) is 0 Å². The highest BCUT2D eigenvalue weighted by atomic mass is 19.1. The molecule has 0 radical (unpaired) electrons. The average molecular weight is 260 g/mol. The van der Waals surface area contributed by atoms with Crippen molar-refractivity contribution in [2.75, 3.05) is 12.8 Å². The van der Waals surface area contributed by atoms with Crippen molar-refractivity contribution in [3.05, 3.63) is 35.6 Å². The number of anilines is 1. The van der Waals surface area contributed by atoms with Gasteiger partial charge in [-0.15, -0.1) is 0 Å². The van der Waals surface area contributed by atoms with Crippen LogP contribution in [-0.2, 0) is 0 Å². The second-order valence-electron chi connectivity index (χ2n) is 3.43. The highest BCUT2D eigenvalue weighted by Gasteiger charge is 2.11. The number of ether oxygens (including phenoxy) is 2. The van der Waals surface area contributed by atoms with Gasteiger partial charge in [-0.05, 0) is 12.1 Å². The highest BCUT2D eigenvalue weighted by Crippen LogP contribution is 2.27. The number of nitrogens with zero attached hydrogens (tertiary/aromatic N) is 3. The Morgan fingerprint density at radius 3 is 2.74 bits per heavy atom. The van der Waals surface area contributed by atoms with Crippen molar-refractivity contribution < 1.29 is 13.9 Å². The molecule has 0 aliphatic rings. The first kappa shape index (κ1) is 12.6. The Bertz CT molecular complexity index is 655. The molecule has 6 nitrogen and oxygen atoms in total. The van der Waals surface area contributed by atoms with Crippen LogP contribution in [0.1, 0.15) is 5.56 Å². The Morgan fingerprint density at radius 2 is 2.05 bits per heavy atom. The standard InChI is InChI=1S/C12H9FN4O2/c1-18-10-5-11(17-12(15)16-10)19-9-4-2-3-8(13)7(9)6-14/h2-5H,1H3,(H2,15,16,17). The predicted octanol–water partition coefficient (Wildman–Crippen LogP) is 1.87. The van der Waals surface area contributed by atoms with E-state index in [1.807, 2.05) is 0 Å². The van der Waals surface area contributed by atoms with E-state index in [9.17, 15) is 4.39 Å². The third-order valence-electron chi connectivity index (χ3n) is 2.21. The fourth-order valence-corrected chi connectivity index (χ4v) is 1.39. The summed E-state index contributed by atoms with van der Waals surface area (Å²) < 4.78 is 23.6. The molecule has 0 atom stereocenters. The molecule has 96 valence electrons. The van der Waals surface area contributed by atoms with Gasteiger partial charge in [0.2, 0.25) is 17.7 Å². The zero-order valence-electron chi connectivity index (χ0n) is 9.92. The topological polar surface area (TPSA) is 94.0 Å². The lowest BCUT2D eigenvalue weighted by Gasteiger charge is -2.08. The van der Waals surface area contributed by atoms with Crippen molar-refractivity contribution in [3.8, 4) is 23.6 Å². The molecule has 0 saturated carbocycles. The van der Waals surface area contributed by atoms with Crippen LogP contribution in [0, 0.1) is 17.1 Å². The summed E-state index contributed by atoms with van der Waals surface area (Å²) in [4.78, 5) is 7.59. The Balaban J connectivity index is 2.39. The summed E-state index contributed by atoms with van der Waals surface area (Å²) in [5.74, 6) is -0.412. The van der Waals surface area contributed by atoms with Gasteiger partial charge >= 0.3 is 0 Å². The summed E-state index contributed by atoms with van der Waals surface area (Å²) in [6, 6.07) is 7.14. The summed E-state index contributed by atoms with van der Waals surface area (Å²) in [7, 11) is 1.41. The van der Waals surface area contributed by atoms with E-state index in [1.165, 1.54) is 31.4 Å². The molecule has 2 rings (SSSR count). The van der Waals surface area contributed by atoms with Gasteiger partial charge in [0.15, 0.2) is 0 Å². The molecule has 0 aliphatic carbocycles. The van der Waals surface area contributed by atoms with Gasteiger partial charge in [0, 0.05) is 0 Å². The van der Waals surface area contributed by atoms with Crippen LogP contribution in [0.25, 0.3) is 0 Å². The van der Waals surface area contributed by atoms with Crippen molar-refractivity contribution in [1.29, 1.82) is 5.26 Å². The molecule has 7 heteroatoms. The molecule has 1 aromatic carbocycles. The quantitative estimate of drug-likeness (QED) is 0.905. The molecule has 0 fully saturated rings. The minimum atomic E-state index is -0.672. The number of halogens is 1. The van der Waals surface area contributed by atoms with Crippen LogP contribution < -0.4 is 15.2 Å². The first-order valence-corrected chi connectivity index (χ1v) is 5.19. The smallest absolute Gasteiger partial charge is 0.227 e. The Labute approximate surface area is 108 Å². The van der Waals surface area contributed by atoms with Crippen LogP contribution in [0.15, 0.2) is 24.3 Å². The third kappa shape index (κ3) is 2.69. The summed E-state index contributed by atoms with van der Waals surface area (Å²) in [6.07, 6.45) is 0. The molecule has 0 spiro atoms. The number of methoxy groups -OCH3 is 1. The molecule has 0 amide bonds. The molecule has 0 aliphatic heterocycles. The maximum absolute atomic E-state index is 13.4. The number of aromatic nitrogens is 2. The van der Waals surface area contributed by atoms with Crippen LogP contribution in [0.2, 0.25) is 0 Å². The van der Waals surface area contributed by atoms with E-state index in [0.717, 1.165) is 0 Å². The van der Waals surface area contributed by atoms with E-state index < -0.39 is 5.82 Å². The zero-order valence-corrected chi connectivity index (χ0v) is 9.92. The lowest BCUT2D eigenvalue weighted by molar-refractivity contribution is 0.388. The van der Waals surface area contributed by atoms with Gasteiger partial charge in [0.05, 0.1) is 13.2 Å². The van der Waals surface area contributed by atoms with E-state index in [4.69, 9.17) is 20.5 Å². The van der Waals surface area contributed by atoms with E-state index in [1.54, 1.807) is 6.07 Å². The number of nitriles is 1. The van der Waals surface area contributed by atoms with E-state index in [-0.39, 0.29) is 29.0 Å². The molecule has 0 bridgehead atoms. The fraction of sp³-hybridized carbons (Fsp3) is 0.0833. The minimum Gasteiger partial charge on any atom is -0.481 e. The largest absolute Gasteiger partial charge is 0.481 e. The second-order valence-corrected chi connectivity index (χ2v) is 3.43. The van der Waals surface area contributed by atoms with Crippen LogP contribution in [0.4, 0.5) is 10.3 Å². The highest BCUT2D eigenvalue weighted by molar-refractivity contribution is 5.46. The second kappa shape index (κ2) is 5.18. The predicted molar refractivity (Wildman–Crippen MR) is 64.2 cm³/mol. The molecule has 1 heterocycles. The summed E-state index contributed by atoms with van der Waals surface area (Å²) in [6.45, 7) is 0. The van der Waals surface area contributed by atoms with Gasteiger partial charge in [-0.3, -0.25) is 0 Å². The number of nitrogens with two attached hydrogens (primary N) is 1. The first-order valence-electron chi connectivity index (χ1n) is 5.19. The number of rotatable bonds is 3. The van der Waals surface area contributed by atoms with Crippen molar-refractivity contribution in [1.82, 2.24) is 9.97 Å². The van der Waals surface area contributed by atoms with E-state index in [0.29, 0.717) is 0 Å². The number of nitrogen functional groups attached to an aromatic ring is 1. The van der Waals surface area contributed by atoms with Crippen LogP contribution in [0.5, 0.6) is 17.5 Å². The zero-order chi connectivity index (χ0) is 13.8. The maximum Gasteiger partial charge on any atom is 0.227 e. The number of hydrogen-bond donors (Lipinski definition) is 1. The van der Waals surface area contributed by atoms with E-state index in [2.05, 4.69) is 9.97 Å². The number of benzene rings is 1. The normalized spacial score (nSPS) is 9.74. The molecule has 19 heavy (non-hydrogen) atoms. The Kier molecular flexibility index (Phi) is 3.43. The molecular formula is C12H9FN4O2. The van der Waals surface area contributed by atoms with Gasteiger partial charge in [-0.25, -0.2) is 4.39 Å². The monoisotopic (exact) mass is 260 g/mol. The molecular weight excluding hydrogens is 251 g/mol. The molecule has 2 aromatic rings. The van der Waals surface area contributed by atoms with E-state index >= 15 is 0 Å². The van der Waals surface area contributed by atoms with Crippen LogP contribution in [-0.4, -0.2) is 17.1 Å². The summed E-state index contributed by atoms with van der Waals surface area (Å²) in [5, 5.41) is 8.88. The molecule has 0 unspecified atom stereocenters. The first-order chi connectivity index (χ1) is 9.13. The molecule has 1 aromatic heterocycles. The summed E-state index contributed by atoms with van der Waals surface area (Å²) in [5.41, 5.74) is 5.26. The Morgan fingerprint density at radius 1 is 1.32 bits per heavy atom. The lowest BCUT2D eigenvalue weighted by Crippen LogP contribution is -2.00. The molecule has 0 saturated heterocycles. The SMILES string of the molecule is COc1cc(Oc2cccc(F)c2C#N)nc(N)n1. The number of hydrogen-bond acceptors (Lipinski definition) is 6. The van der Waals surface area contributed by atoms with Gasteiger partial charge in [-0.1, -0.05) is 6.07 Å². The summed E-state index contributed by atoms with van der Waals surface area (Å²) >= 11 is 0. The molecule has 2 N–H and O–H groups in total.